The predicted molar refractivity (Wildman–Crippen MR) is 70.8 cm³/mol. The van der Waals surface area contributed by atoms with Crippen LogP contribution in [0.15, 0.2) is 0 Å². The number of rotatable bonds is 7. The first-order chi connectivity index (χ1) is 8.74. The SMILES string of the molecule is CC(C)NCC1CCC(COCC2CCCO2)O1. The van der Waals surface area contributed by atoms with E-state index in [1.54, 1.807) is 0 Å². The second-order valence-corrected chi connectivity index (χ2v) is 5.69. The Morgan fingerprint density at radius 3 is 2.61 bits per heavy atom. The van der Waals surface area contributed by atoms with Crippen molar-refractivity contribution in [3.8, 4) is 0 Å². The fourth-order valence-corrected chi connectivity index (χ4v) is 2.53. The van der Waals surface area contributed by atoms with E-state index in [9.17, 15) is 0 Å². The molecule has 1 N–H and O–H groups in total. The van der Waals surface area contributed by atoms with Gasteiger partial charge >= 0.3 is 0 Å². The third-order valence-corrected chi connectivity index (χ3v) is 3.58. The molecular weight excluding hydrogens is 230 g/mol. The lowest BCUT2D eigenvalue weighted by molar-refractivity contribution is -0.0409. The molecule has 0 spiro atoms. The second kappa shape index (κ2) is 7.43. The van der Waals surface area contributed by atoms with Crippen molar-refractivity contribution < 1.29 is 14.2 Å². The minimum absolute atomic E-state index is 0.283. The van der Waals surface area contributed by atoms with Gasteiger partial charge in [-0.3, -0.25) is 0 Å². The molecule has 0 aromatic heterocycles. The third-order valence-electron chi connectivity index (χ3n) is 3.58. The Kier molecular flexibility index (Phi) is 5.89. The van der Waals surface area contributed by atoms with Crippen LogP contribution in [-0.2, 0) is 14.2 Å². The van der Waals surface area contributed by atoms with Crippen molar-refractivity contribution in [1.29, 1.82) is 0 Å². The lowest BCUT2D eigenvalue weighted by Crippen LogP contribution is -2.32. The van der Waals surface area contributed by atoms with Gasteiger partial charge in [0.2, 0.25) is 0 Å². The molecule has 0 bridgehead atoms. The van der Waals surface area contributed by atoms with Crippen molar-refractivity contribution >= 4 is 0 Å². The molecule has 0 aliphatic carbocycles. The van der Waals surface area contributed by atoms with Crippen LogP contribution >= 0.6 is 0 Å². The van der Waals surface area contributed by atoms with E-state index < -0.39 is 0 Å². The molecule has 106 valence electrons. The quantitative estimate of drug-likeness (QED) is 0.754. The standard InChI is InChI=1S/C14H27NO3/c1-11(2)15-8-12-5-6-14(18-12)10-16-9-13-4-3-7-17-13/h11-15H,3-10H2,1-2H3. The molecule has 2 fully saturated rings. The molecule has 3 unspecified atom stereocenters. The Bertz CT molecular complexity index is 229. The smallest absolute Gasteiger partial charge is 0.0813 e. The monoisotopic (exact) mass is 257 g/mol. The van der Waals surface area contributed by atoms with Gasteiger partial charge in [-0.25, -0.2) is 0 Å². The Morgan fingerprint density at radius 2 is 1.89 bits per heavy atom. The summed E-state index contributed by atoms with van der Waals surface area (Å²) >= 11 is 0. The zero-order valence-electron chi connectivity index (χ0n) is 11.7. The Balaban J connectivity index is 1.52. The van der Waals surface area contributed by atoms with Gasteiger partial charge in [0.05, 0.1) is 31.5 Å². The molecule has 0 radical (unpaired) electrons. The lowest BCUT2D eigenvalue weighted by atomic mass is 10.2. The Labute approximate surface area is 110 Å². The topological polar surface area (TPSA) is 39.7 Å². The summed E-state index contributed by atoms with van der Waals surface area (Å²) in [7, 11) is 0. The summed E-state index contributed by atoms with van der Waals surface area (Å²) in [6.45, 7) is 7.64. The van der Waals surface area contributed by atoms with E-state index in [1.807, 2.05) is 0 Å². The molecule has 0 saturated carbocycles. The predicted octanol–water partition coefficient (Wildman–Crippen LogP) is 1.73. The van der Waals surface area contributed by atoms with Crippen molar-refractivity contribution in [3.63, 3.8) is 0 Å². The van der Waals surface area contributed by atoms with E-state index in [2.05, 4.69) is 19.2 Å². The largest absolute Gasteiger partial charge is 0.376 e. The van der Waals surface area contributed by atoms with E-state index in [4.69, 9.17) is 14.2 Å². The van der Waals surface area contributed by atoms with Crippen LogP contribution in [0.4, 0.5) is 0 Å². The Morgan fingerprint density at radius 1 is 1.11 bits per heavy atom. The molecule has 2 saturated heterocycles. The summed E-state index contributed by atoms with van der Waals surface area (Å²) in [5.41, 5.74) is 0. The summed E-state index contributed by atoms with van der Waals surface area (Å²) in [6, 6.07) is 0.531. The maximum absolute atomic E-state index is 5.95. The van der Waals surface area contributed by atoms with Gasteiger partial charge in [0.15, 0.2) is 0 Å². The molecular formula is C14H27NO3. The van der Waals surface area contributed by atoms with Crippen molar-refractivity contribution in [2.45, 2.75) is 63.9 Å². The normalized spacial score (nSPS) is 32.5. The van der Waals surface area contributed by atoms with Crippen LogP contribution in [0.5, 0.6) is 0 Å². The molecule has 2 rings (SSSR count). The number of nitrogens with one attached hydrogen (secondary N) is 1. The fourth-order valence-electron chi connectivity index (χ4n) is 2.53. The van der Waals surface area contributed by atoms with Crippen LogP contribution in [0, 0.1) is 0 Å². The van der Waals surface area contributed by atoms with Gasteiger partial charge in [-0.15, -0.1) is 0 Å². The minimum atomic E-state index is 0.283. The molecule has 18 heavy (non-hydrogen) atoms. The average Bonchev–Trinajstić information content (AvgIpc) is 2.97. The minimum Gasteiger partial charge on any atom is -0.376 e. The molecule has 2 aliphatic heterocycles. The highest BCUT2D eigenvalue weighted by Crippen LogP contribution is 2.20. The fraction of sp³-hybridized carbons (Fsp3) is 1.00. The molecule has 4 heteroatoms. The summed E-state index contributed by atoms with van der Waals surface area (Å²) < 4.78 is 17.2. The van der Waals surface area contributed by atoms with E-state index >= 15 is 0 Å². The first kappa shape index (κ1) is 14.3. The number of hydrogen-bond donors (Lipinski definition) is 1. The third kappa shape index (κ3) is 4.84. The summed E-state index contributed by atoms with van der Waals surface area (Å²) in [5.74, 6) is 0. The van der Waals surface area contributed by atoms with Crippen LogP contribution in [0.1, 0.15) is 39.5 Å². The summed E-state index contributed by atoms with van der Waals surface area (Å²) in [5, 5.41) is 3.42. The van der Waals surface area contributed by atoms with Crippen molar-refractivity contribution in [1.82, 2.24) is 5.32 Å². The van der Waals surface area contributed by atoms with Crippen molar-refractivity contribution in [2.24, 2.45) is 0 Å². The van der Waals surface area contributed by atoms with Crippen LogP contribution in [0.3, 0.4) is 0 Å². The van der Waals surface area contributed by atoms with Crippen LogP contribution in [0.25, 0.3) is 0 Å². The highest BCUT2D eigenvalue weighted by molar-refractivity contribution is 4.76. The van der Waals surface area contributed by atoms with E-state index in [0.717, 1.165) is 45.6 Å². The molecule has 2 aliphatic rings. The zero-order chi connectivity index (χ0) is 12.8. The maximum Gasteiger partial charge on any atom is 0.0813 e. The van der Waals surface area contributed by atoms with Gasteiger partial charge in [0.1, 0.15) is 0 Å². The van der Waals surface area contributed by atoms with E-state index in [-0.39, 0.29) is 6.10 Å². The van der Waals surface area contributed by atoms with E-state index in [0.29, 0.717) is 18.2 Å². The average molecular weight is 257 g/mol. The Hall–Kier alpha value is -0.160. The molecule has 3 atom stereocenters. The first-order valence-electron chi connectivity index (χ1n) is 7.32. The number of ether oxygens (including phenoxy) is 3. The van der Waals surface area contributed by atoms with Gasteiger partial charge in [-0.2, -0.15) is 0 Å². The molecule has 0 aromatic rings. The summed E-state index contributed by atoms with van der Waals surface area (Å²) in [6.07, 6.45) is 5.56. The maximum atomic E-state index is 5.95. The second-order valence-electron chi connectivity index (χ2n) is 5.69. The zero-order valence-corrected chi connectivity index (χ0v) is 11.7. The van der Waals surface area contributed by atoms with Crippen LogP contribution in [-0.4, -0.2) is 50.7 Å². The number of hydrogen-bond acceptors (Lipinski definition) is 4. The molecule has 2 heterocycles. The summed E-state index contributed by atoms with van der Waals surface area (Å²) in [4.78, 5) is 0. The van der Waals surface area contributed by atoms with Crippen LogP contribution in [0.2, 0.25) is 0 Å². The highest BCUT2D eigenvalue weighted by atomic mass is 16.6. The first-order valence-corrected chi connectivity index (χ1v) is 7.32. The molecule has 0 amide bonds. The van der Waals surface area contributed by atoms with Gasteiger partial charge in [-0.1, -0.05) is 13.8 Å². The van der Waals surface area contributed by atoms with Crippen molar-refractivity contribution in [2.75, 3.05) is 26.4 Å². The van der Waals surface area contributed by atoms with Gasteiger partial charge in [-0.05, 0) is 25.7 Å². The van der Waals surface area contributed by atoms with Gasteiger partial charge in [0, 0.05) is 19.2 Å². The molecule has 4 nitrogen and oxygen atoms in total. The van der Waals surface area contributed by atoms with Crippen molar-refractivity contribution in [3.05, 3.63) is 0 Å². The van der Waals surface area contributed by atoms with Gasteiger partial charge in [0.25, 0.3) is 0 Å². The van der Waals surface area contributed by atoms with Gasteiger partial charge < -0.3 is 19.5 Å². The van der Waals surface area contributed by atoms with Crippen LogP contribution < -0.4 is 5.32 Å². The van der Waals surface area contributed by atoms with E-state index in [1.165, 1.54) is 6.42 Å². The molecule has 0 aromatic carbocycles. The lowest BCUT2D eigenvalue weighted by Gasteiger charge is -2.17. The highest BCUT2D eigenvalue weighted by Gasteiger charge is 2.25.